The third-order valence-corrected chi connectivity index (χ3v) is 2.78. The van der Waals surface area contributed by atoms with Crippen LogP contribution in [-0.4, -0.2) is 13.2 Å². The lowest BCUT2D eigenvalue weighted by Gasteiger charge is -2.06. The highest BCUT2D eigenvalue weighted by atomic mass is 16.5. The molecule has 0 atom stereocenters. The van der Waals surface area contributed by atoms with Crippen molar-refractivity contribution in [1.82, 2.24) is 5.32 Å². The highest BCUT2D eigenvalue weighted by Gasteiger charge is 1.95. The zero-order valence-electron chi connectivity index (χ0n) is 11.2. The van der Waals surface area contributed by atoms with Gasteiger partial charge in [-0.05, 0) is 31.0 Å². The second kappa shape index (κ2) is 9.20. The predicted octanol–water partition coefficient (Wildman–Crippen LogP) is 3.50. The Kier molecular flexibility index (Phi) is 7.69. The average Bonchev–Trinajstić information content (AvgIpc) is 2.37. The molecule has 0 amide bonds. The van der Waals surface area contributed by atoms with Crippen molar-refractivity contribution in [3.05, 3.63) is 35.4 Å². The lowest BCUT2D eigenvalue weighted by molar-refractivity contribution is 0.134. The second-order valence-corrected chi connectivity index (χ2v) is 4.34. The van der Waals surface area contributed by atoms with Crippen molar-refractivity contribution in [3.8, 4) is 0 Å². The largest absolute Gasteiger partial charge is 0.377 e. The van der Waals surface area contributed by atoms with Gasteiger partial charge in [-0.25, -0.2) is 0 Å². The number of rotatable bonds is 9. The van der Waals surface area contributed by atoms with Crippen molar-refractivity contribution in [2.75, 3.05) is 13.2 Å². The summed E-state index contributed by atoms with van der Waals surface area (Å²) < 4.78 is 5.37. The van der Waals surface area contributed by atoms with E-state index in [1.54, 1.807) is 0 Å². The van der Waals surface area contributed by atoms with Crippen LogP contribution >= 0.6 is 0 Å². The molecule has 1 rings (SSSR count). The third kappa shape index (κ3) is 6.44. The maximum atomic E-state index is 5.37. The first-order valence-corrected chi connectivity index (χ1v) is 6.73. The minimum Gasteiger partial charge on any atom is -0.377 e. The summed E-state index contributed by atoms with van der Waals surface area (Å²) in [5.74, 6) is 0. The summed E-state index contributed by atoms with van der Waals surface area (Å²) in [6, 6.07) is 8.67. The van der Waals surface area contributed by atoms with Crippen LogP contribution in [0, 0.1) is 0 Å². The average molecular weight is 235 g/mol. The molecule has 0 unspecified atom stereocenters. The molecule has 2 heteroatoms. The fraction of sp³-hybridized carbons (Fsp3) is 0.600. The van der Waals surface area contributed by atoms with Gasteiger partial charge in [-0.15, -0.1) is 0 Å². The van der Waals surface area contributed by atoms with E-state index >= 15 is 0 Å². The van der Waals surface area contributed by atoms with Gasteiger partial charge in [-0.2, -0.15) is 0 Å². The standard InChI is InChI=1S/C15H25NO/c1-3-5-6-11-16-12-14-7-9-15(10-8-14)13-17-4-2/h7-10,16H,3-6,11-13H2,1-2H3. The van der Waals surface area contributed by atoms with Crippen LogP contribution in [0.25, 0.3) is 0 Å². The topological polar surface area (TPSA) is 21.3 Å². The molecule has 96 valence electrons. The number of unbranched alkanes of at least 4 members (excludes halogenated alkanes) is 2. The van der Waals surface area contributed by atoms with Crippen LogP contribution in [0.15, 0.2) is 24.3 Å². The number of hydrogen-bond acceptors (Lipinski definition) is 2. The molecule has 0 saturated heterocycles. The Morgan fingerprint density at radius 3 is 2.35 bits per heavy atom. The Balaban J connectivity index is 2.20. The molecular weight excluding hydrogens is 210 g/mol. The SMILES string of the molecule is CCCCCNCc1ccc(COCC)cc1. The molecule has 0 bridgehead atoms. The van der Waals surface area contributed by atoms with Gasteiger partial charge >= 0.3 is 0 Å². The van der Waals surface area contributed by atoms with E-state index in [0.717, 1.165) is 26.3 Å². The van der Waals surface area contributed by atoms with E-state index in [2.05, 4.69) is 36.5 Å². The number of benzene rings is 1. The van der Waals surface area contributed by atoms with E-state index in [4.69, 9.17) is 4.74 Å². The van der Waals surface area contributed by atoms with Crippen LogP contribution < -0.4 is 5.32 Å². The van der Waals surface area contributed by atoms with Gasteiger partial charge in [0.2, 0.25) is 0 Å². The Labute approximate surface area is 105 Å². The zero-order valence-corrected chi connectivity index (χ0v) is 11.2. The molecule has 0 spiro atoms. The number of nitrogens with one attached hydrogen (secondary N) is 1. The Bertz CT molecular complexity index is 281. The molecule has 0 saturated carbocycles. The quantitative estimate of drug-likeness (QED) is 0.661. The molecule has 0 radical (unpaired) electrons. The summed E-state index contributed by atoms with van der Waals surface area (Å²) in [4.78, 5) is 0. The molecule has 0 aliphatic carbocycles. The predicted molar refractivity (Wildman–Crippen MR) is 73.0 cm³/mol. The van der Waals surface area contributed by atoms with Crippen LogP contribution in [0.1, 0.15) is 44.2 Å². The molecular formula is C15H25NO. The minimum absolute atomic E-state index is 0.723. The molecule has 17 heavy (non-hydrogen) atoms. The van der Waals surface area contributed by atoms with Crippen molar-refractivity contribution >= 4 is 0 Å². The first-order valence-electron chi connectivity index (χ1n) is 6.73. The van der Waals surface area contributed by atoms with Gasteiger partial charge < -0.3 is 10.1 Å². The molecule has 1 aromatic carbocycles. The van der Waals surface area contributed by atoms with Crippen molar-refractivity contribution in [2.24, 2.45) is 0 Å². The Morgan fingerprint density at radius 1 is 1.00 bits per heavy atom. The summed E-state index contributed by atoms with van der Waals surface area (Å²) in [6.45, 7) is 7.85. The lowest BCUT2D eigenvalue weighted by atomic mass is 10.1. The van der Waals surface area contributed by atoms with Crippen molar-refractivity contribution in [3.63, 3.8) is 0 Å². The zero-order chi connectivity index (χ0) is 12.3. The lowest BCUT2D eigenvalue weighted by Crippen LogP contribution is -2.14. The van der Waals surface area contributed by atoms with Crippen molar-refractivity contribution in [2.45, 2.75) is 46.3 Å². The molecule has 2 nitrogen and oxygen atoms in total. The van der Waals surface area contributed by atoms with Gasteiger partial charge in [-0.3, -0.25) is 0 Å². The van der Waals surface area contributed by atoms with Crippen LogP contribution in [0.5, 0.6) is 0 Å². The second-order valence-electron chi connectivity index (χ2n) is 4.34. The monoisotopic (exact) mass is 235 g/mol. The summed E-state index contributed by atoms with van der Waals surface area (Å²) in [5.41, 5.74) is 2.60. The van der Waals surface area contributed by atoms with E-state index in [-0.39, 0.29) is 0 Å². The fourth-order valence-corrected chi connectivity index (χ4v) is 1.71. The van der Waals surface area contributed by atoms with Crippen LogP contribution in [0.4, 0.5) is 0 Å². The van der Waals surface area contributed by atoms with Gasteiger partial charge in [0, 0.05) is 13.2 Å². The molecule has 0 aromatic heterocycles. The summed E-state index contributed by atoms with van der Waals surface area (Å²) in [7, 11) is 0. The summed E-state index contributed by atoms with van der Waals surface area (Å²) in [6.07, 6.45) is 3.88. The van der Waals surface area contributed by atoms with Crippen LogP contribution in [0.2, 0.25) is 0 Å². The molecule has 0 aliphatic rings. The van der Waals surface area contributed by atoms with Gasteiger partial charge in [0.05, 0.1) is 6.61 Å². The summed E-state index contributed by atoms with van der Waals surface area (Å²) >= 11 is 0. The van der Waals surface area contributed by atoms with E-state index in [0.29, 0.717) is 0 Å². The van der Waals surface area contributed by atoms with Crippen molar-refractivity contribution < 1.29 is 4.74 Å². The molecule has 0 heterocycles. The van der Waals surface area contributed by atoms with Gasteiger partial charge in [0.15, 0.2) is 0 Å². The molecule has 1 aromatic rings. The van der Waals surface area contributed by atoms with E-state index in [9.17, 15) is 0 Å². The molecule has 0 fully saturated rings. The fourth-order valence-electron chi connectivity index (χ4n) is 1.71. The summed E-state index contributed by atoms with van der Waals surface area (Å²) in [5, 5.41) is 3.47. The third-order valence-electron chi connectivity index (χ3n) is 2.78. The highest BCUT2D eigenvalue weighted by Crippen LogP contribution is 2.05. The van der Waals surface area contributed by atoms with E-state index < -0.39 is 0 Å². The van der Waals surface area contributed by atoms with Gasteiger partial charge in [0.1, 0.15) is 0 Å². The first-order chi connectivity index (χ1) is 8.36. The maximum absolute atomic E-state index is 5.37. The first kappa shape index (κ1) is 14.2. The maximum Gasteiger partial charge on any atom is 0.0716 e. The Morgan fingerprint density at radius 2 is 1.71 bits per heavy atom. The number of ether oxygens (including phenoxy) is 1. The minimum atomic E-state index is 0.723. The van der Waals surface area contributed by atoms with E-state index in [1.807, 2.05) is 6.92 Å². The number of hydrogen-bond donors (Lipinski definition) is 1. The molecule has 1 N–H and O–H groups in total. The smallest absolute Gasteiger partial charge is 0.0716 e. The van der Waals surface area contributed by atoms with Gasteiger partial charge in [0.25, 0.3) is 0 Å². The van der Waals surface area contributed by atoms with Gasteiger partial charge in [-0.1, -0.05) is 44.0 Å². The normalized spacial score (nSPS) is 10.7. The highest BCUT2D eigenvalue weighted by molar-refractivity contribution is 5.21. The van der Waals surface area contributed by atoms with Crippen molar-refractivity contribution in [1.29, 1.82) is 0 Å². The Hall–Kier alpha value is -0.860. The van der Waals surface area contributed by atoms with E-state index in [1.165, 1.54) is 30.4 Å². The van der Waals surface area contributed by atoms with Crippen LogP contribution in [-0.2, 0) is 17.9 Å². The van der Waals surface area contributed by atoms with Crippen LogP contribution in [0.3, 0.4) is 0 Å². The molecule has 0 aliphatic heterocycles.